The van der Waals surface area contributed by atoms with E-state index in [4.69, 9.17) is 4.42 Å². The minimum Gasteiger partial charge on any atom is -0.463 e. The highest BCUT2D eigenvalue weighted by Crippen LogP contribution is 2.28. The molecule has 2 amide bonds. The quantitative estimate of drug-likeness (QED) is 0.606. The molecular formula is C22H26N6O3. The maximum Gasteiger partial charge on any atom is 0.254 e. The molecule has 9 heteroatoms. The second kappa shape index (κ2) is 8.73. The Morgan fingerprint density at radius 2 is 2.06 bits per heavy atom. The Hall–Kier alpha value is -3.46. The number of nitrogens with one attached hydrogen (secondary N) is 1. The van der Waals surface area contributed by atoms with Gasteiger partial charge in [0.1, 0.15) is 5.69 Å². The lowest BCUT2D eigenvalue weighted by Gasteiger charge is -2.34. The van der Waals surface area contributed by atoms with Gasteiger partial charge in [0.15, 0.2) is 11.4 Å². The fourth-order valence-corrected chi connectivity index (χ4v) is 3.89. The van der Waals surface area contributed by atoms with Crippen LogP contribution in [0.15, 0.2) is 41.5 Å². The van der Waals surface area contributed by atoms with Gasteiger partial charge < -0.3 is 14.6 Å². The van der Waals surface area contributed by atoms with Crippen LogP contribution in [0.4, 0.5) is 0 Å². The maximum absolute atomic E-state index is 13.5. The first-order valence-corrected chi connectivity index (χ1v) is 10.3. The van der Waals surface area contributed by atoms with Gasteiger partial charge in [0, 0.05) is 39.8 Å². The second-order valence-electron chi connectivity index (χ2n) is 7.60. The number of aromatic nitrogens is 3. The van der Waals surface area contributed by atoms with E-state index in [1.165, 1.54) is 0 Å². The van der Waals surface area contributed by atoms with Crippen LogP contribution in [0.1, 0.15) is 16.1 Å². The van der Waals surface area contributed by atoms with Gasteiger partial charge in [-0.3, -0.25) is 19.2 Å². The summed E-state index contributed by atoms with van der Waals surface area (Å²) < 4.78 is 7.19. The van der Waals surface area contributed by atoms with Crippen molar-refractivity contribution in [1.29, 1.82) is 0 Å². The molecule has 3 aromatic rings. The number of fused-ring (bicyclic) bond motifs is 1. The highest BCUT2D eigenvalue weighted by Gasteiger charge is 2.27. The van der Waals surface area contributed by atoms with E-state index < -0.39 is 0 Å². The molecule has 9 nitrogen and oxygen atoms in total. The molecule has 0 bridgehead atoms. The third-order valence-corrected chi connectivity index (χ3v) is 5.44. The van der Waals surface area contributed by atoms with Crippen molar-refractivity contribution in [2.24, 2.45) is 7.05 Å². The number of carbonyl (C=O) groups is 2. The van der Waals surface area contributed by atoms with Gasteiger partial charge in [-0.15, -0.1) is 6.58 Å². The summed E-state index contributed by atoms with van der Waals surface area (Å²) in [6.07, 6.45) is 3.24. The van der Waals surface area contributed by atoms with E-state index in [1.54, 1.807) is 29.2 Å². The zero-order chi connectivity index (χ0) is 22.0. The lowest BCUT2D eigenvalue weighted by atomic mass is 10.1. The van der Waals surface area contributed by atoms with E-state index in [9.17, 15) is 9.59 Å². The molecule has 0 spiro atoms. The summed E-state index contributed by atoms with van der Waals surface area (Å²) in [6, 6.07) is 5.40. The van der Waals surface area contributed by atoms with Crippen LogP contribution in [0.3, 0.4) is 0 Å². The van der Waals surface area contributed by atoms with Gasteiger partial charge in [0.2, 0.25) is 5.91 Å². The predicted octanol–water partition coefficient (Wildman–Crippen LogP) is 1.60. The maximum atomic E-state index is 13.5. The first-order valence-electron chi connectivity index (χ1n) is 10.3. The molecule has 1 saturated heterocycles. The van der Waals surface area contributed by atoms with Crippen molar-refractivity contribution >= 4 is 22.8 Å². The van der Waals surface area contributed by atoms with E-state index in [-0.39, 0.29) is 11.8 Å². The molecule has 4 rings (SSSR count). The fourth-order valence-electron chi connectivity index (χ4n) is 3.89. The lowest BCUT2D eigenvalue weighted by molar-refractivity contribution is -0.122. The van der Waals surface area contributed by atoms with Gasteiger partial charge in [0.05, 0.1) is 29.5 Å². The summed E-state index contributed by atoms with van der Waals surface area (Å²) in [7, 11) is 1.82. The molecule has 1 aliphatic rings. The number of carbonyl (C=O) groups excluding carboxylic acids is 2. The zero-order valence-corrected chi connectivity index (χ0v) is 17.8. The van der Waals surface area contributed by atoms with Crippen molar-refractivity contribution in [1.82, 2.24) is 29.9 Å². The molecule has 0 atom stereocenters. The smallest absolute Gasteiger partial charge is 0.254 e. The van der Waals surface area contributed by atoms with Gasteiger partial charge in [-0.05, 0) is 25.1 Å². The summed E-state index contributed by atoms with van der Waals surface area (Å²) >= 11 is 0. The topological polar surface area (TPSA) is 96.5 Å². The Kier molecular flexibility index (Phi) is 5.85. The zero-order valence-electron chi connectivity index (χ0n) is 17.8. The Morgan fingerprint density at radius 1 is 1.29 bits per heavy atom. The standard InChI is InChI=1S/C22H26N6O3/c1-4-7-23-19(29)14-27-8-10-28(11-9-27)22(30)16-13-17(18-6-5-12-31-18)24-21-20(16)15(2)25-26(21)3/h4-6,12-13H,1,7-11,14H2,2-3H3,(H,23,29). The van der Waals surface area contributed by atoms with Crippen LogP contribution in [0.2, 0.25) is 0 Å². The molecule has 0 aromatic carbocycles. The van der Waals surface area contributed by atoms with Crippen LogP contribution in [-0.4, -0.2) is 75.6 Å². The number of pyridine rings is 1. The SMILES string of the molecule is C=CCNC(=O)CN1CCN(C(=O)c2cc(-c3ccco3)nc3c2c(C)nn3C)CC1. The summed E-state index contributed by atoms with van der Waals surface area (Å²) in [6.45, 7) is 8.63. The largest absolute Gasteiger partial charge is 0.463 e. The first kappa shape index (κ1) is 20.8. The molecule has 1 aliphatic heterocycles. The lowest BCUT2D eigenvalue weighted by Crippen LogP contribution is -2.51. The molecule has 0 aliphatic carbocycles. The second-order valence-corrected chi connectivity index (χ2v) is 7.60. The Balaban J connectivity index is 1.56. The molecule has 1 fully saturated rings. The summed E-state index contributed by atoms with van der Waals surface area (Å²) in [5, 5.41) is 8.00. The molecule has 0 unspecified atom stereocenters. The van der Waals surface area contributed by atoms with Gasteiger partial charge in [-0.2, -0.15) is 5.10 Å². The Labute approximate surface area is 180 Å². The summed E-state index contributed by atoms with van der Waals surface area (Å²) in [5.74, 6) is 0.502. The van der Waals surface area contributed by atoms with Crippen LogP contribution in [-0.2, 0) is 11.8 Å². The average Bonchev–Trinajstić information content (AvgIpc) is 3.40. The van der Waals surface area contributed by atoms with Crippen molar-refractivity contribution in [3.63, 3.8) is 0 Å². The van der Waals surface area contributed by atoms with Crippen LogP contribution in [0.25, 0.3) is 22.5 Å². The Bertz CT molecular complexity index is 1110. The predicted molar refractivity (Wildman–Crippen MR) is 116 cm³/mol. The molecule has 3 aromatic heterocycles. The number of furan rings is 1. The summed E-state index contributed by atoms with van der Waals surface area (Å²) in [4.78, 5) is 34.0. The minimum atomic E-state index is -0.0629. The van der Waals surface area contributed by atoms with Crippen LogP contribution >= 0.6 is 0 Å². The van der Waals surface area contributed by atoms with E-state index >= 15 is 0 Å². The molecule has 162 valence electrons. The minimum absolute atomic E-state index is 0.0374. The number of amides is 2. The van der Waals surface area contributed by atoms with Gasteiger partial charge in [0.25, 0.3) is 5.91 Å². The van der Waals surface area contributed by atoms with Crippen molar-refractivity contribution in [2.75, 3.05) is 39.3 Å². The Morgan fingerprint density at radius 3 is 2.74 bits per heavy atom. The highest BCUT2D eigenvalue weighted by molar-refractivity contribution is 6.07. The number of nitrogens with zero attached hydrogens (tertiary/aromatic N) is 5. The number of hydrogen-bond donors (Lipinski definition) is 1. The van der Waals surface area contributed by atoms with Crippen LogP contribution in [0, 0.1) is 6.92 Å². The number of rotatable bonds is 6. The molecular weight excluding hydrogens is 396 g/mol. The van der Waals surface area contributed by atoms with E-state index in [0.29, 0.717) is 61.9 Å². The van der Waals surface area contributed by atoms with E-state index in [0.717, 1.165) is 11.1 Å². The molecule has 0 saturated carbocycles. The average molecular weight is 422 g/mol. The highest BCUT2D eigenvalue weighted by atomic mass is 16.3. The van der Waals surface area contributed by atoms with E-state index in [2.05, 4.69) is 22.0 Å². The molecule has 0 radical (unpaired) electrons. The van der Waals surface area contributed by atoms with Crippen molar-refractivity contribution in [2.45, 2.75) is 6.92 Å². The van der Waals surface area contributed by atoms with Gasteiger partial charge >= 0.3 is 0 Å². The normalized spacial score (nSPS) is 14.7. The molecule has 1 N–H and O–H groups in total. The molecule has 31 heavy (non-hydrogen) atoms. The summed E-state index contributed by atoms with van der Waals surface area (Å²) in [5.41, 5.74) is 2.57. The van der Waals surface area contributed by atoms with Crippen LogP contribution < -0.4 is 5.32 Å². The first-order chi connectivity index (χ1) is 15.0. The number of aryl methyl sites for hydroxylation is 2. The van der Waals surface area contributed by atoms with Crippen molar-refractivity contribution < 1.29 is 14.0 Å². The monoisotopic (exact) mass is 422 g/mol. The number of hydrogen-bond acceptors (Lipinski definition) is 6. The van der Waals surface area contributed by atoms with Gasteiger partial charge in [-0.1, -0.05) is 6.08 Å². The van der Waals surface area contributed by atoms with Crippen molar-refractivity contribution in [3.8, 4) is 11.5 Å². The number of piperazine rings is 1. The van der Waals surface area contributed by atoms with Crippen molar-refractivity contribution in [3.05, 3.63) is 48.4 Å². The molecule has 4 heterocycles. The van der Waals surface area contributed by atoms with Crippen LogP contribution in [0.5, 0.6) is 0 Å². The van der Waals surface area contributed by atoms with E-state index in [1.807, 2.05) is 29.8 Å². The van der Waals surface area contributed by atoms with Gasteiger partial charge in [-0.25, -0.2) is 4.98 Å². The third kappa shape index (κ3) is 4.22. The fraction of sp³-hybridized carbons (Fsp3) is 0.364. The third-order valence-electron chi connectivity index (χ3n) is 5.44.